The van der Waals surface area contributed by atoms with Crippen LogP contribution in [0.4, 0.5) is 0 Å². The number of benzene rings is 1. The molecular weight excluding hydrogens is 337 g/mol. The normalized spacial score (nSPS) is 12.6. The zero-order valence-corrected chi connectivity index (χ0v) is 12.9. The Morgan fingerprint density at radius 1 is 1.11 bits per heavy atom. The van der Waals surface area contributed by atoms with E-state index in [0.29, 0.717) is 0 Å². The van der Waals surface area contributed by atoms with E-state index in [-0.39, 0.29) is 6.04 Å². The Morgan fingerprint density at radius 3 is 2.39 bits per heavy atom. The molecule has 18 heavy (non-hydrogen) atoms. The van der Waals surface area contributed by atoms with Crippen molar-refractivity contribution in [2.24, 2.45) is 0 Å². The average molecular weight is 355 g/mol. The van der Waals surface area contributed by atoms with Gasteiger partial charge in [-0.1, -0.05) is 26.0 Å². The number of rotatable bonds is 5. The van der Waals surface area contributed by atoms with Crippen molar-refractivity contribution in [3.8, 4) is 0 Å². The highest BCUT2D eigenvalue weighted by molar-refractivity contribution is 14.1. The Bertz CT molecular complexity index is 489. The van der Waals surface area contributed by atoms with Gasteiger partial charge >= 0.3 is 0 Å². The molecule has 0 saturated carbocycles. The smallest absolute Gasteiger partial charge is 0.125 e. The Labute approximate surface area is 122 Å². The number of furan rings is 1. The molecule has 1 heterocycles. The lowest BCUT2D eigenvalue weighted by Gasteiger charge is -2.16. The molecule has 0 saturated heterocycles. The Morgan fingerprint density at radius 2 is 1.83 bits per heavy atom. The van der Waals surface area contributed by atoms with E-state index in [1.165, 1.54) is 9.13 Å². The van der Waals surface area contributed by atoms with Crippen LogP contribution >= 0.6 is 22.6 Å². The Balaban J connectivity index is 2.29. The first-order valence-electron chi connectivity index (χ1n) is 6.32. The van der Waals surface area contributed by atoms with E-state index in [1.54, 1.807) is 0 Å². The predicted molar refractivity (Wildman–Crippen MR) is 82.8 cm³/mol. The van der Waals surface area contributed by atoms with E-state index in [1.807, 2.05) is 0 Å². The molecule has 0 bridgehead atoms. The second-order valence-corrected chi connectivity index (χ2v) is 5.45. The van der Waals surface area contributed by atoms with Crippen LogP contribution in [0.2, 0.25) is 0 Å². The van der Waals surface area contributed by atoms with Gasteiger partial charge in [-0.2, -0.15) is 0 Å². The number of hydrogen-bond acceptors (Lipinski definition) is 2. The van der Waals surface area contributed by atoms with Crippen LogP contribution in [0, 0.1) is 3.57 Å². The monoisotopic (exact) mass is 355 g/mol. The minimum Gasteiger partial charge on any atom is -0.464 e. The molecule has 0 aliphatic carbocycles. The molecule has 1 atom stereocenters. The third-order valence-corrected chi connectivity index (χ3v) is 3.65. The quantitative estimate of drug-likeness (QED) is 0.816. The lowest BCUT2D eigenvalue weighted by Crippen LogP contribution is -2.21. The molecule has 0 fully saturated rings. The highest BCUT2D eigenvalue weighted by Gasteiger charge is 2.16. The van der Waals surface area contributed by atoms with Gasteiger partial charge in [-0.15, -0.1) is 0 Å². The molecule has 1 aromatic carbocycles. The first-order chi connectivity index (χ1) is 8.74. The van der Waals surface area contributed by atoms with Crippen molar-refractivity contribution in [3.05, 3.63) is 57.1 Å². The van der Waals surface area contributed by atoms with Crippen molar-refractivity contribution in [1.82, 2.24) is 5.32 Å². The van der Waals surface area contributed by atoms with Gasteiger partial charge in [0.25, 0.3) is 0 Å². The predicted octanol–water partition coefficient (Wildman–Crippen LogP) is 4.15. The van der Waals surface area contributed by atoms with E-state index >= 15 is 0 Å². The van der Waals surface area contributed by atoms with E-state index in [4.69, 9.17) is 4.42 Å². The first-order valence-corrected chi connectivity index (χ1v) is 7.40. The van der Waals surface area contributed by atoms with Crippen molar-refractivity contribution in [2.45, 2.75) is 26.3 Å². The van der Waals surface area contributed by atoms with E-state index < -0.39 is 0 Å². The van der Waals surface area contributed by atoms with Gasteiger partial charge < -0.3 is 9.73 Å². The summed E-state index contributed by atoms with van der Waals surface area (Å²) in [7, 11) is 0. The highest BCUT2D eigenvalue weighted by atomic mass is 127. The zero-order chi connectivity index (χ0) is 13.0. The van der Waals surface area contributed by atoms with Crippen molar-refractivity contribution in [2.75, 3.05) is 6.54 Å². The number of aryl methyl sites for hydroxylation is 1. The second kappa shape index (κ2) is 6.38. The lowest BCUT2D eigenvalue weighted by molar-refractivity contribution is 0.426. The topological polar surface area (TPSA) is 25.2 Å². The zero-order valence-electron chi connectivity index (χ0n) is 10.7. The fourth-order valence-electron chi connectivity index (χ4n) is 1.98. The van der Waals surface area contributed by atoms with Gasteiger partial charge in [-0.3, -0.25) is 0 Å². The summed E-state index contributed by atoms with van der Waals surface area (Å²) >= 11 is 2.32. The average Bonchev–Trinajstić information content (AvgIpc) is 2.86. The molecule has 1 unspecified atom stereocenters. The fraction of sp³-hybridized carbons (Fsp3) is 0.333. The molecule has 1 aromatic heterocycles. The SMILES string of the molecule is CCNC(c1ccc(I)cc1)c1ccc(CC)o1. The molecule has 0 amide bonds. The van der Waals surface area contributed by atoms with Gasteiger partial charge in [0.1, 0.15) is 11.5 Å². The summed E-state index contributed by atoms with van der Waals surface area (Å²) in [4.78, 5) is 0. The molecule has 2 nitrogen and oxygen atoms in total. The van der Waals surface area contributed by atoms with Crippen LogP contribution in [0.3, 0.4) is 0 Å². The van der Waals surface area contributed by atoms with Crippen LogP contribution in [0.25, 0.3) is 0 Å². The van der Waals surface area contributed by atoms with Gasteiger partial charge in [0.15, 0.2) is 0 Å². The van der Waals surface area contributed by atoms with Gasteiger partial charge in [0, 0.05) is 9.99 Å². The minimum atomic E-state index is 0.146. The highest BCUT2D eigenvalue weighted by Crippen LogP contribution is 2.24. The van der Waals surface area contributed by atoms with Gasteiger partial charge in [0.05, 0.1) is 6.04 Å². The summed E-state index contributed by atoms with van der Waals surface area (Å²) in [5.41, 5.74) is 1.24. The van der Waals surface area contributed by atoms with Gasteiger partial charge in [-0.25, -0.2) is 0 Å². The molecule has 2 aromatic rings. The van der Waals surface area contributed by atoms with Gasteiger partial charge in [-0.05, 0) is 59.0 Å². The maximum absolute atomic E-state index is 5.87. The summed E-state index contributed by atoms with van der Waals surface area (Å²) in [5, 5.41) is 3.48. The largest absolute Gasteiger partial charge is 0.464 e. The second-order valence-electron chi connectivity index (χ2n) is 4.20. The molecule has 2 rings (SSSR count). The van der Waals surface area contributed by atoms with Crippen LogP contribution in [0.1, 0.15) is 37.0 Å². The van der Waals surface area contributed by atoms with Crippen LogP contribution in [-0.2, 0) is 6.42 Å². The van der Waals surface area contributed by atoms with E-state index in [2.05, 4.69) is 78.2 Å². The number of halogens is 1. The summed E-state index contributed by atoms with van der Waals surface area (Å²) < 4.78 is 7.12. The fourth-order valence-corrected chi connectivity index (χ4v) is 2.34. The van der Waals surface area contributed by atoms with Crippen molar-refractivity contribution < 1.29 is 4.42 Å². The van der Waals surface area contributed by atoms with Crippen molar-refractivity contribution >= 4 is 22.6 Å². The summed E-state index contributed by atoms with van der Waals surface area (Å²) in [6.07, 6.45) is 0.936. The molecule has 0 aliphatic heterocycles. The maximum Gasteiger partial charge on any atom is 0.125 e. The summed E-state index contributed by atoms with van der Waals surface area (Å²) in [6, 6.07) is 12.9. The van der Waals surface area contributed by atoms with Crippen molar-refractivity contribution in [1.29, 1.82) is 0 Å². The van der Waals surface area contributed by atoms with Crippen LogP contribution < -0.4 is 5.32 Å². The van der Waals surface area contributed by atoms with Crippen LogP contribution in [0.5, 0.6) is 0 Å². The van der Waals surface area contributed by atoms with Crippen LogP contribution in [-0.4, -0.2) is 6.54 Å². The van der Waals surface area contributed by atoms with E-state index in [0.717, 1.165) is 24.5 Å². The standard InChI is InChI=1S/C15H18INO/c1-3-13-9-10-14(18-13)15(17-4-2)11-5-7-12(16)8-6-11/h5-10,15,17H,3-4H2,1-2H3. The van der Waals surface area contributed by atoms with E-state index in [9.17, 15) is 0 Å². The first kappa shape index (κ1) is 13.6. The Hall–Kier alpha value is -0.810. The number of hydrogen-bond donors (Lipinski definition) is 1. The molecule has 1 N–H and O–H groups in total. The summed E-state index contributed by atoms with van der Waals surface area (Å²) in [6.45, 7) is 5.14. The van der Waals surface area contributed by atoms with Crippen molar-refractivity contribution in [3.63, 3.8) is 0 Å². The third kappa shape index (κ3) is 3.14. The van der Waals surface area contributed by atoms with Crippen LogP contribution in [0.15, 0.2) is 40.8 Å². The molecule has 96 valence electrons. The molecule has 0 spiro atoms. The molecule has 0 radical (unpaired) electrons. The summed E-state index contributed by atoms with van der Waals surface area (Å²) in [5.74, 6) is 2.04. The molecule has 0 aliphatic rings. The molecular formula is C15H18INO. The maximum atomic E-state index is 5.87. The van der Waals surface area contributed by atoms with Gasteiger partial charge in [0.2, 0.25) is 0 Å². The Kier molecular flexibility index (Phi) is 4.83. The lowest BCUT2D eigenvalue weighted by atomic mass is 10.0. The molecule has 3 heteroatoms. The minimum absolute atomic E-state index is 0.146. The number of nitrogens with one attached hydrogen (secondary N) is 1. The third-order valence-electron chi connectivity index (χ3n) is 2.93.